The van der Waals surface area contributed by atoms with Gasteiger partial charge < -0.3 is 9.88 Å². The number of hydrogen-bond donors (Lipinski definition) is 1. The molecule has 0 spiro atoms. The molecule has 1 aromatic heterocycles. The Hall–Kier alpha value is -1.10. The number of aromatic nitrogens is 1. The first-order chi connectivity index (χ1) is 14.7. The van der Waals surface area contributed by atoms with Gasteiger partial charge in [0, 0.05) is 22.7 Å². The zero-order chi connectivity index (χ0) is 20.1. The van der Waals surface area contributed by atoms with Crippen LogP contribution >= 0.6 is 11.3 Å². The van der Waals surface area contributed by atoms with Crippen LogP contribution in [-0.4, -0.2) is 22.1 Å². The summed E-state index contributed by atoms with van der Waals surface area (Å²) in [5, 5.41) is 5.81. The highest BCUT2D eigenvalue weighted by Gasteiger charge is 2.51. The zero-order valence-electron chi connectivity index (χ0n) is 18.3. The van der Waals surface area contributed by atoms with Crippen molar-refractivity contribution in [2.45, 2.75) is 114 Å². The summed E-state index contributed by atoms with van der Waals surface area (Å²) in [6.07, 6.45) is 18.9. The molecule has 7 rings (SSSR count). The van der Waals surface area contributed by atoms with E-state index in [1.807, 2.05) is 0 Å². The molecule has 0 atom stereocenters. The third kappa shape index (κ3) is 3.91. The van der Waals surface area contributed by atoms with E-state index in [0.29, 0.717) is 18.5 Å². The molecule has 6 saturated carbocycles. The Morgan fingerprint density at radius 3 is 2.23 bits per heavy atom. The van der Waals surface area contributed by atoms with Crippen LogP contribution < -0.4 is 10.1 Å². The minimum atomic E-state index is 0.125. The lowest BCUT2D eigenvalue weighted by atomic mass is 9.53. The number of nitrogens with one attached hydrogen (secondary N) is 1. The fourth-order valence-electron chi connectivity index (χ4n) is 7.61. The molecule has 6 aliphatic carbocycles. The van der Waals surface area contributed by atoms with Crippen molar-refractivity contribution < 1.29 is 4.79 Å². The molecule has 1 heterocycles. The van der Waals surface area contributed by atoms with Gasteiger partial charge in [-0.25, -0.2) is 0 Å². The van der Waals surface area contributed by atoms with Gasteiger partial charge in [-0.15, -0.1) is 11.3 Å². The van der Waals surface area contributed by atoms with Gasteiger partial charge in [0.05, 0.1) is 12.5 Å². The van der Waals surface area contributed by atoms with Crippen LogP contribution in [0, 0.1) is 17.8 Å². The molecule has 1 amide bonds. The van der Waals surface area contributed by atoms with Crippen molar-refractivity contribution in [2.24, 2.45) is 22.7 Å². The van der Waals surface area contributed by atoms with Crippen molar-refractivity contribution in [2.75, 3.05) is 0 Å². The molecule has 0 aliphatic heterocycles. The second kappa shape index (κ2) is 7.79. The number of thiazole rings is 1. The summed E-state index contributed by atoms with van der Waals surface area (Å²) in [6, 6.07) is 1.08. The summed E-state index contributed by atoms with van der Waals surface area (Å²) in [5.41, 5.74) is 1.33. The van der Waals surface area contributed by atoms with Gasteiger partial charge in [-0.05, 0) is 82.0 Å². The Morgan fingerprint density at radius 2 is 1.63 bits per heavy atom. The van der Waals surface area contributed by atoms with Gasteiger partial charge in [-0.2, -0.15) is 0 Å². The molecule has 164 valence electrons. The Bertz CT molecular complexity index is 821. The summed E-state index contributed by atoms with van der Waals surface area (Å²) < 4.78 is 2.44. The van der Waals surface area contributed by atoms with Crippen LogP contribution in [0.5, 0.6) is 0 Å². The van der Waals surface area contributed by atoms with Gasteiger partial charge in [0.1, 0.15) is 0 Å². The molecule has 1 N–H and O–H groups in total. The molecule has 30 heavy (non-hydrogen) atoms. The SMILES string of the molecule is O=C(Cc1csc(=NC2CCCCCC2)n1C1CC1)NC12CC3CC(CC(C3)C1)C2. The quantitative estimate of drug-likeness (QED) is 0.650. The normalized spacial score (nSPS) is 36.8. The lowest BCUT2D eigenvalue weighted by Crippen LogP contribution is -2.60. The average Bonchev–Trinajstić information content (AvgIpc) is 3.48. The van der Waals surface area contributed by atoms with E-state index in [9.17, 15) is 4.79 Å². The molecule has 4 bridgehead atoms. The number of amides is 1. The topological polar surface area (TPSA) is 46.4 Å². The Balaban J connectivity index is 1.19. The molecule has 4 nitrogen and oxygen atoms in total. The van der Waals surface area contributed by atoms with Crippen LogP contribution in [0.15, 0.2) is 10.4 Å². The molecule has 5 heteroatoms. The Kier molecular flexibility index (Phi) is 5.08. The zero-order valence-corrected chi connectivity index (χ0v) is 19.1. The fourth-order valence-corrected chi connectivity index (χ4v) is 8.64. The molecule has 6 aliphatic rings. The smallest absolute Gasteiger partial charge is 0.226 e. The van der Waals surface area contributed by atoms with Gasteiger partial charge in [-0.3, -0.25) is 9.79 Å². The number of rotatable bonds is 5. The molecular weight excluding hydrogens is 390 g/mol. The standard InChI is InChI=1S/C25H37N3OS/c29-23(27-25-13-17-9-18(14-25)11-19(10-17)15-25)12-22-16-30-24(28(22)21-7-8-21)26-20-5-3-1-2-4-6-20/h16-21H,1-15H2,(H,27,29). The summed E-state index contributed by atoms with van der Waals surface area (Å²) in [4.78, 5) is 19.6. The van der Waals surface area contributed by atoms with E-state index in [1.54, 1.807) is 11.3 Å². The van der Waals surface area contributed by atoms with E-state index in [0.717, 1.165) is 17.8 Å². The summed E-state index contributed by atoms with van der Waals surface area (Å²) in [5.74, 6) is 2.88. The van der Waals surface area contributed by atoms with Gasteiger partial charge in [0.25, 0.3) is 0 Å². The highest BCUT2D eigenvalue weighted by Crippen LogP contribution is 2.55. The van der Waals surface area contributed by atoms with Crippen molar-refractivity contribution in [1.82, 2.24) is 9.88 Å². The lowest BCUT2D eigenvalue weighted by molar-refractivity contribution is -0.126. The van der Waals surface area contributed by atoms with E-state index in [4.69, 9.17) is 4.99 Å². The molecular formula is C25H37N3OS. The minimum Gasteiger partial charge on any atom is -0.350 e. The fraction of sp³-hybridized carbons (Fsp3) is 0.840. The van der Waals surface area contributed by atoms with Crippen LogP contribution in [0.4, 0.5) is 0 Å². The molecule has 0 unspecified atom stereocenters. The van der Waals surface area contributed by atoms with Gasteiger partial charge >= 0.3 is 0 Å². The number of nitrogens with zero attached hydrogens (tertiary/aromatic N) is 2. The number of carbonyl (C=O) groups is 1. The second-order valence-electron chi connectivity index (χ2n) is 11.3. The van der Waals surface area contributed by atoms with Crippen molar-refractivity contribution in [3.8, 4) is 0 Å². The predicted molar refractivity (Wildman–Crippen MR) is 120 cm³/mol. The van der Waals surface area contributed by atoms with Crippen molar-refractivity contribution in [3.05, 3.63) is 15.9 Å². The first kappa shape index (κ1) is 19.6. The second-order valence-corrected chi connectivity index (χ2v) is 12.1. The average molecular weight is 428 g/mol. The van der Waals surface area contributed by atoms with E-state index in [-0.39, 0.29) is 11.4 Å². The van der Waals surface area contributed by atoms with Crippen LogP contribution in [0.2, 0.25) is 0 Å². The minimum absolute atomic E-state index is 0.125. The Morgan fingerprint density at radius 1 is 1.00 bits per heavy atom. The molecule has 0 saturated heterocycles. The highest BCUT2D eigenvalue weighted by atomic mass is 32.1. The third-order valence-electron chi connectivity index (χ3n) is 8.63. The Labute approximate surface area is 184 Å². The van der Waals surface area contributed by atoms with Crippen molar-refractivity contribution >= 4 is 17.2 Å². The number of carbonyl (C=O) groups excluding carboxylic acids is 1. The maximum Gasteiger partial charge on any atom is 0.226 e. The van der Waals surface area contributed by atoms with Crippen molar-refractivity contribution in [3.63, 3.8) is 0 Å². The van der Waals surface area contributed by atoms with Gasteiger partial charge in [0.2, 0.25) is 5.91 Å². The van der Waals surface area contributed by atoms with Crippen LogP contribution in [0.25, 0.3) is 0 Å². The largest absolute Gasteiger partial charge is 0.350 e. The summed E-state index contributed by atoms with van der Waals surface area (Å²) in [6.45, 7) is 0. The third-order valence-corrected chi connectivity index (χ3v) is 9.53. The van der Waals surface area contributed by atoms with E-state index < -0.39 is 0 Å². The maximum atomic E-state index is 13.2. The van der Waals surface area contributed by atoms with Crippen LogP contribution in [0.1, 0.15) is 102 Å². The van der Waals surface area contributed by atoms with Crippen molar-refractivity contribution in [1.29, 1.82) is 0 Å². The first-order valence-electron chi connectivity index (χ1n) is 12.7. The molecule has 0 aromatic carbocycles. The first-order valence-corrected chi connectivity index (χ1v) is 13.6. The van der Waals surface area contributed by atoms with Crippen LogP contribution in [-0.2, 0) is 11.2 Å². The van der Waals surface area contributed by atoms with Crippen LogP contribution in [0.3, 0.4) is 0 Å². The van der Waals surface area contributed by atoms with Gasteiger partial charge in [0.15, 0.2) is 4.80 Å². The maximum absolute atomic E-state index is 13.2. The van der Waals surface area contributed by atoms with E-state index in [1.165, 1.54) is 100 Å². The summed E-state index contributed by atoms with van der Waals surface area (Å²) in [7, 11) is 0. The monoisotopic (exact) mass is 427 g/mol. The van der Waals surface area contributed by atoms with E-state index in [2.05, 4.69) is 15.3 Å². The highest BCUT2D eigenvalue weighted by molar-refractivity contribution is 7.07. The molecule has 0 radical (unpaired) electrons. The lowest BCUT2D eigenvalue weighted by Gasteiger charge is -2.56. The van der Waals surface area contributed by atoms with Gasteiger partial charge in [-0.1, -0.05) is 25.7 Å². The van der Waals surface area contributed by atoms with E-state index >= 15 is 0 Å². The molecule has 6 fully saturated rings. The summed E-state index contributed by atoms with van der Waals surface area (Å²) >= 11 is 1.77. The molecule has 1 aromatic rings. The predicted octanol–water partition coefficient (Wildman–Crippen LogP) is 5.14. The number of hydrogen-bond acceptors (Lipinski definition) is 3.